The first-order valence-corrected chi connectivity index (χ1v) is 9.70. The van der Waals surface area contributed by atoms with Crippen LogP contribution in [-0.4, -0.2) is 46.1 Å². The summed E-state index contributed by atoms with van der Waals surface area (Å²) < 4.78 is 5.46. The number of benzene rings is 1. The first kappa shape index (κ1) is 21.2. The van der Waals surface area contributed by atoms with Crippen molar-refractivity contribution in [2.24, 2.45) is 0 Å². The van der Waals surface area contributed by atoms with Crippen LogP contribution < -0.4 is 10.6 Å². The van der Waals surface area contributed by atoms with Crippen molar-refractivity contribution < 1.29 is 14.3 Å². The van der Waals surface area contributed by atoms with E-state index in [1.807, 2.05) is 51.1 Å². The summed E-state index contributed by atoms with van der Waals surface area (Å²) in [5, 5.41) is 5.97. The van der Waals surface area contributed by atoms with Crippen LogP contribution in [0.3, 0.4) is 0 Å². The van der Waals surface area contributed by atoms with Gasteiger partial charge in [-0.05, 0) is 46.1 Å². The molecule has 1 heterocycles. The third-order valence-electron chi connectivity index (χ3n) is 4.25. The molecule has 0 aromatic heterocycles. The predicted octanol–water partition coefficient (Wildman–Crippen LogP) is 3.01. The van der Waals surface area contributed by atoms with E-state index in [-0.39, 0.29) is 18.0 Å². The lowest BCUT2D eigenvalue weighted by Gasteiger charge is -2.30. The molecule has 2 rings (SSSR count). The molecule has 1 aliphatic heterocycles. The number of rotatable bonds is 5. The third kappa shape index (κ3) is 6.50. The van der Waals surface area contributed by atoms with Gasteiger partial charge < -0.3 is 15.4 Å². The van der Waals surface area contributed by atoms with Crippen molar-refractivity contribution in [1.82, 2.24) is 15.5 Å². The lowest BCUT2D eigenvalue weighted by molar-refractivity contribution is -0.122. The lowest BCUT2D eigenvalue weighted by Crippen LogP contribution is -2.51. The molecule has 0 saturated carbocycles. The van der Waals surface area contributed by atoms with Crippen LogP contribution in [0.1, 0.15) is 46.1 Å². The number of likely N-dealkylation sites (tertiary alicyclic amines) is 1. The van der Waals surface area contributed by atoms with E-state index >= 15 is 0 Å². The van der Waals surface area contributed by atoms with Crippen LogP contribution in [0.25, 0.3) is 0 Å². The molecule has 0 spiro atoms. The quantitative estimate of drug-likeness (QED) is 0.755. The summed E-state index contributed by atoms with van der Waals surface area (Å²) in [6, 6.07) is 9.00. The molecular weight excluding hydrogens is 362 g/mol. The summed E-state index contributed by atoms with van der Waals surface area (Å²) in [5.74, 6) is -0.136. The Morgan fingerprint density at radius 1 is 1.30 bits per heavy atom. The van der Waals surface area contributed by atoms with Gasteiger partial charge in [-0.25, -0.2) is 4.79 Å². The van der Waals surface area contributed by atoms with Gasteiger partial charge in [0, 0.05) is 13.1 Å². The molecule has 0 unspecified atom stereocenters. The number of thiocarbonyl (C=S) groups is 1. The zero-order valence-electron chi connectivity index (χ0n) is 16.5. The normalized spacial score (nSPS) is 17.9. The van der Waals surface area contributed by atoms with Crippen molar-refractivity contribution in [3.8, 4) is 0 Å². The van der Waals surface area contributed by atoms with Crippen LogP contribution in [0, 0.1) is 0 Å². The highest BCUT2D eigenvalue weighted by Crippen LogP contribution is 2.21. The summed E-state index contributed by atoms with van der Waals surface area (Å²) >= 11 is 5.48. The minimum atomic E-state index is -0.552. The molecule has 1 fully saturated rings. The highest BCUT2D eigenvalue weighted by Gasteiger charge is 2.35. The standard InChI is InChI=1S/C20H29N3O3S/c1-14(17(24)21-13-15-9-6-5-7-10-15)22-18(27)16-11-8-12-23(16)19(25)26-20(2,3)4/h5-7,9-10,14,16H,8,11-13H2,1-4H3,(H,21,24)(H,22,27)/t14-,16-/m0/s1. The Morgan fingerprint density at radius 2 is 1.96 bits per heavy atom. The largest absolute Gasteiger partial charge is 0.444 e. The maximum atomic E-state index is 12.4. The maximum Gasteiger partial charge on any atom is 0.410 e. The number of hydrogen-bond acceptors (Lipinski definition) is 4. The maximum absolute atomic E-state index is 12.4. The zero-order chi connectivity index (χ0) is 20.0. The Labute approximate surface area is 166 Å². The molecule has 0 radical (unpaired) electrons. The minimum Gasteiger partial charge on any atom is -0.444 e. The average Bonchev–Trinajstić information content (AvgIpc) is 3.09. The summed E-state index contributed by atoms with van der Waals surface area (Å²) in [7, 11) is 0. The molecule has 1 aliphatic rings. The summed E-state index contributed by atoms with van der Waals surface area (Å²) in [6.45, 7) is 8.35. The van der Waals surface area contributed by atoms with Crippen LogP contribution in [0.2, 0.25) is 0 Å². The van der Waals surface area contributed by atoms with Crippen molar-refractivity contribution in [1.29, 1.82) is 0 Å². The molecule has 2 amide bonds. The molecular formula is C20H29N3O3S. The van der Waals surface area contributed by atoms with Gasteiger partial charge in [0.05, 0.1) is 11.0 Å². The van der Waals surface area contributed by atoms with E-state index in [0.717, 1.165) is 18.4 Å². The molecule has 2 atom stereocenters. The van der Waals surface area contributed by atoms with E-state index < -0.39 is 11.6 Å². The van der Waals surface area contributed by atoms with Crippen molar-refractivity contribution in [2.75, 3.05) is 6.54 Å². The Balaban J connectivity index is 1.87. The second-order valence-corrected chi connectivity index (χ2v) is 8.21. The van der Waals surface area contributed by atoms with Gasteiger partial charge in [-0.3, -0.25) is 9.69 Å². The number of amides is 2. The summed E-state index contributed by atoms with van der Waals surface area (Å²) in [6.07, 6.45) is 1.26. The smallest absolute Gasteiger partial charge is 0.410 e. The van der Waals surface area contributed by atoms with E-state index in [4.69, 9.17) is 17.0 Å². The van der Waals surface area contributed by atoms with Gasteiger partial charge in [0.1, 0.15) is 11.6 Å². The van der Waals surface area contributed by atoms with E-state index in [1.54, 1.807) is 11.8 Å². The molecule has 148 valence electrons. The number of carbonyl (C=O) groups excluding carboxylic acids is 2. The van der Waals surface area contributed by atoms with Crippen molar-refractivity contribution in [3.05, 3.63) is 35.9 Å². The van der Waals surface area contributed by atoms with E-state index in [2.05, 4.69) is 10.6 Å². The molecule has 27 heavy (non-hydrogen) atoms. The van der Waals surface area contributed by atoms with Gasteiger partial charge in [0.25, 0.3) is 0 Å². The highest BCUT2D eigenvalue weighted by molar-refractivity contribution is 7.80. The van der Waals surface area contributed by atoms with Gasteiger partial charge >= 0.3 is 6.09 Å². The van der Waals surface area contributed by atoms with E-state index in [9.17, 15) is 9.59 Å². The molecule has 0 bridgehead atoms. The highest BCUT2D eigenvalue weighted by atomic mass is 32.1. The molecule has 2 N–H and O–H groups in total. The number of nitrogens with zero attached hydrogens (tertiary/aromatic N) is 1. The topological polar surface area (TPSA) is 70.7 Å². The van der Waals surface area contributed by atoms with Crippen LogP contribution in [0.4, 0.5) is 4.79 Å². The second-order valence-electron chi connectivity index (χ2n) is 7.77. The van der Waals surface area contributed by atoms with Gasteiger partial charge in [-0.2, -0.15) is 0 Å². The fourth-order valence-electron chi connectivity index (χ4n) is 2.89. The molecule has 1 saturated heterocycles. The molecule has 6 nitrogen and oxygen atoms in total. The van der Waals surface area contributed by atoms with Crippen molar-refractivity contribution in [2.45, 2.75) is 64.8 Å². The fourth-order valence-corrected chi connectivity index (χ4v) is 3.31. The van der Waals surface area contributed by atoms with Crippen LogP contribution >= 0.6 is 12.2 Å². The van der Waals surface area contributed by atoms with Crippen molar-refractivity contribution in [3.63, 3.8) is 0 Å². The first-order valence-electron chi connectivity index (χ1n) is 9.29. The predicted molar refractivity (Wildman–Crippen MR) is 109 cm³/mol. The van der Waals surface area contributed by atoms with Gasteiger partial charge in [0.2, 0.25) is 5.91 Å². The SMILES string of the molecule is C[C@H](NC(=S)[C@@H]1CCCN1C(=O)OC(C)(C)C)C(=O)NCc1ccccc1. The average molecular weight is 392 g/mol. The van der Waals surface area contributed by atoms with Crippen molar-refractivity contribution >= 4 is 29.2 Å². The van der Waals surface area contributed by atoms with Gasteiger partial charge in [-0.1, -0.05) is 42.5 Å². The van der Waals surface area contributed by atoms with Crippen LogP contribution in [0.5, 0.6) is 0 Å². The number of nitrogens with one attached hydrogen (secondary N) is 2. The number of ether oxygens (including phenoxy) is 1. The monoisotopic (exact) mass is 391 g/mol. The summed E-state index contributed by atoms with van der Waals surface area (Å²) in [5.41, 5.74) is 0.483. The van der Waals surface area contributed by atoms with Gasteiger partial charge in [0.15, 0.2) is 0 Å². The molecule has 1 aromatic rings. The Morgan fingerprint density at radius 3 is 2.59 bits per heavy atom. The van der Waals surface area contributed by atoms with Gasteiger partial charge in [-0.15, -0.1) is 0 Å². The number of hydrogen-bond donors (Lipinski definition) is 2. The third-order valence-corrected chi connectivity index (χ3v) is 4.63. The van der Waals surface area contributed by atoms with E-state index in [1.165, 1.54) is 0 Å². The molecule has 7 heteroatoms. The number of carbonyl (C=O) groups is 2. The Hall–Kier alpha value is -2.15. The lowest BCUT2D eigenvalue weighted by atomic mass is 10.2. The van der Waals surface area contributed by atoms with E-state index in [0.29, 0.717) is 18.1 Å². The van der Waals surface area contributed by atoms with Crippen LogP contribution in [-0.2, 0) is 16.1 Å². The fraction of sp³-hybridized carbons (Fsp3) is 0.550. The first-order chi connectivity index (χ1) is 12.7. The molecule has 1 aromatic carbocycles. The Kier molecular flexibility index (Phi) is 7.18. The minimum absolute atomic E-state index is 0.136. The molecule has 0 aliphatic carbocycles. The zero-order valence-corrected chi connectivity index (χ0v) is 17.3. The van der Waals surface area contributed by atoms with Crippen LogP contribution in [0.15, 0.2) is 30.3 Å². The second kappa shape index (κ2) is 9.17. The summed E-state index contributed by atoms with van der Waals surface area (Å²) in [4.78, 5) is 26.9. The Bertz CT molecular complexity index is 673.